The molecule has 1 aromatic heterocycles. The van der Waals surface area contributed by atoms with Crippen LogP contribution < -0.4 is 10.9 Å². The summed E-state index contributed by atoms with van der Waals surface area (Å²) >= 11 is 0. The summed E-state index contributed by atoms with van der Waals surface area (Å²) in [6.07, 6.45) is 3.80. The fourth-order valence-corrected chi connectivity index (χ4v) is 3.58. The first-order valence-corrected chi connectivity index (χ1v) is 8.76. The second-order valence-electron chi connectivity index (χ2n) is 6.64. The number of hydrogen-bond acceptors (Lipinski definition) is 4. The number of fused-ring (bicyclic) bond motifs is 3. The number of nitro benzene ring substituents is 1. The van der Waals surface area contributed by atoms with Crippen LogP contribution in [0.4, 0.5) is 11.4 Å². The molecule has 1 amide bonds. The number of aromatic nitrogens is 1. The van der Waals surface area contributed by atoms with Gasteiger partial charge in [0.2, 0.25) is 0 Å². The lowest BCUT2D eigenvalue weighted by molar-refractivity contribution is -0.384. The molecule has 0 saturated heterocycles. The van der Waals surface area contributed by atoms with Crippen molar-refractivity contribution >= 4 is 28.2 Å². The van der Waals surface area contributed by atoms with Crippen LogP contribution in [0.2, 0.25) is 0 Å². The number of amides is 1. The van der Waals surface area contributed by atoms with E-state index in [-0.39, 0.29) is 17.2 Å². The molecule has 0 bridgehead atoms. The quantitative estimate of drug-likeness (QED) is 0.548. The molecule has 7 nitrogen and oxygen atoms in total. The highest BCUT2D eigenvalue weighted by atomic mass is 16.6. The molecule has 0 saturated carbocycles. The van der Waals surface area contributed by atoms with Crippen molar-refractivity contribution in [1.82, 2.24) is 4.98 Å². The minimum Gasteiger partial charge on any atom is -0.322 e. The maximum atomic E-state index is 12.4. The Morgan fingerprint density at radius 1 is 1.04 bits per heavy atom. The lowest BCUT2D eigenvalue weighted by Crippen LogP contribution is -2.19. The van der Waals surface area contributed by atoms with Gasteiger partial charge in [-0.3, -0.25) is 19.7 Å². The number of nitro groups is 1. The number of rotatable bonds is 3. The van der Waals surface area contributed by atoms with E-state index in [0.29, 0.717) is 16.8 Å². The Morgan fingerprint density at radius 3 is 2.44 bits per heavy atom. The summed E-state index contributed by atoms with van der Waals surface area (Å²) in [6, 6.07) is 10.9. The Labute approximate surface area is 154 Å². The molecule has 0 unspecified atom stereocenters. The van der Waals surface area contributed by atoms with Gasteiger partial charge in [-0.25, -0.2) is 0 Å². The fraction of sp³-hybridized carbons (Fsp3) is 0.200. The minimum atomic E-state index is -0.512. The number of hydrogen-bond donors (Lipinski definition) is 2. The van der Waals surface area contributed by atoms with E-state index in [9.17, 15) is 19.7 Å². The van der Waals surface area contributed by atoms with Crippen LogP contribution in [-0.2, 0) is 12.8 Å². The minimum absolute atomic E-state index is 0.0592. The second kappa shape index (κ2) is 6.68. The average Bonchev–Trinajstić information content (AvgIpc) is 2.68. The van der Waals surface area contributed by atoms with Crippen molar-refractivity contribution in [3.05, 3.63) is 79.6 Å². The Balaban J connectivity index is 1.63. The highest BCUT2D eigenvalue weighted by Crippen LogP contribution is 2.27. The molecule has 1 aliphatic carbocycles. The number of aromatic amines is 1. The van der Waals surface area contributed by atoms with Gasteiger partial charge in [0.1, 0.15) is 0 Å². The molecule has 27 heavy (non-hydrogen) atoms. The van der Waals surface area contributed by atoms with Crippen LogP contribution in [0, 0.1) is 10.1 Å². The van der Waals surface area contributed by atoms with E-state index < -0.39 is 4.92 Å². The first kappa shape index (κ1) is 17.0. The van der Waals surface area contributed by atoms with Crippen LogP contribution in [0.1, 0.15) is 34.3 Å². The maximum absolute atomic E-state index is 12.4. The van der Waals surface area contributed by atoms with E-state index in [1.54, 1.807) is 12.1 Å². The molecular formula is C20H17N3O4. The number of pyridine rings is 1. The van der Waals surface area contributed by atoms with Gasteiger partial charge in [0.25, 0.3) is 17.2 Å². The van der Waals surface area contributed by atoms with Gasteiger partial charge in [-0.05, 0) is 55.5 Å². The summed E-state index contributed by atoms with van der Waals surface area (Å²) in [5.74, 6) is -0.371. The van der Waals surface area contributed by atoms with Crippen LogP contribution in [0.3, 0.4) is 0 Å². The van der Waals surface area contributed by atoms with Gasteiger partial charge in [-0.1, -0.05) is 6.07 Å². The predicted molar refractivity (Wildman–Crippen MR) is 102 cm³/mol. The van der Waals surface area contributed by atoms with Crippen LogP contribution in [0.25, 0.3) is 10.9 Å². The molecule has 7 heteroatoms. The number of benzene rings is 2. The van der Waals surface area contributed by atoms with Crippen molar-refractivity contribution in [2.75, 3.05) is 5.32 Å². The molecule has 136 valence electrons. The molecule has 1 heterocycles. The molecule has 0 aliphatic heterocycles. The fourth-order valence-electron chi connectivity index (χ4n) is 3.58. The maximum Gasteiger partial charge on any atom is 0.269 e. The number of carbonyl (C=O) groups is 1. The zero-order chi connectivity index (χ0) is 19.0. The van der Waals surface area contributed by atoms with Gasteiger partial charge in [-0.2, -0.15) is 0 Å². The van der Waals surface area contributed by atoms with Crippen molar-refractivity contribution in [3.63, 3.8) is 0 Å². The Kier molecular flexibility index (Phi) is 4.19. The van der Waals surface area contributed by atoms with Crippen LogP contribution in [0.5, 0.6) is 0 Å². The average molecular weight is 363 g/mol. The van der Waals surface area contributed by atoms with Crippen molar-refractivity contribution in [2.24, 2.45) is 0 Å². The van der Waals surface area contributed by atoms with Crippen molar-refractivity contribution in [2.45, 2.75) is 25.7 Å². The Hall–Kier alpha value is -3.48. The Bertz CT molecular complexity index is 1120. The van der Waals surface area contributed by atoms with Gasteiger partial charge < -0.3 is 10.3 Å². The molecule has 1 aliphatic rings. The molecule has 4 rings (SSSR count). The standard InChI is InChI=1S/C20H17N3O4/c24-19(12-5-8-14(9-6-12)23(26)27)21-13-7-10-16-15-3-1-2-4-17(15)20(25)22-18(16)11-13/h5-11H,1-4H2,(H,21,24)(H,22,25). The number of nitrogens with one attached hydrogen (secondary N) is 2. The zero-order valence-corrected chi connectivity index (χ0v) is 14.5. The van der Waals surface area contributed by atoms with Crippen molar-refractivity contribution in [1.29, 1.82) is 0 Å². The summed E-state index contributed by atoms with van der Waals surface area (Å²) in [5.41, 5.74) is 3.42. The molecule has 3 aromatic rings. The number of anilines is 1. The van der Waals surface area contributed by atoms with E-state index in [1.165, 1.54) is 24.3 Å². The molecule has 0 atom stereocenters. The summed E-state index contributed by atoms with van der Waals surface area (Å²) in [6.45, 7) is 0. The highest BCUT2D eigenvalue weighted by molar-refractivity contribution is 6.05. The van der Waals surface area contributed by atoms with E-state index >= 15 is 0 Å². The number of non-ortho nitro benzene ring substituents is 1. The third kappa shape index (κ3) is 3.19. The normalized spacial score (nSPS) is 13.2. The van der Waals surface area contributed by atoms with E-state index in [4.69, 9.17) is 0 Å². The van der Waals surface area contributed by atoms with E-state index in [0.717, 1.165) is 42.2 Å². The molecule has 2 N–H and O–H groups in total. The van der Waals surface area contributed by atoms with E-state index in [2.05, 4.69) is 10.3 Å². The topological polar surface area (TPSA) is 105 Å². The van der Waals surface area contributed by atoms with Crippen LogP contribution in [-0.4, -0.2) is 15.8 Å². The van der Waals surface area contributed by atoms with Gasteiger partial charge in [0, 0.05) is 34.3 Å². The summed E-state index contributed by atoms with van der Waals surface area (Å²) < 4.78 is 0. The number of nitrogens with zero attached hydrogens (tertiary/aromatic N) is 1. The molecule has 0 spiro atoms. The van der Waals surface area contributed by atoms with Gasteiger partial charge in [0.15, 0.2) is 0 Å². The van der Waals surface area contributed by atoms with Crippen molar-refractivity contribution < 1.29 is 9.72 Å². The largest absolute Gasteiger partial charge is 0.322 e. The monoisotopic (exact) mass is 363 g/mol. The van der Waals surface area contributed by atoms with Gasteiger partial charge in [0.05, 0.1) is 10.4 Å². The second-order valence-corrected chi connectivity index (χ2v) is 6.64. The smallest absolute Gasteiger partial charge is 0.269 e. The highest BCUT2D eigenvalue weighted by Gasteiger charge is 2.17. The van der Waals surface area contributed by atoms with Gasteiger partial charge >= 0.3 is 0 Å². The third-order valence-electron chi connectivity index (χ3n) is 4.93. The summed E-state index contributed by atoms with van der Waals surface area (Å²) in [5, 5.41) is 14.5. The predicted octanol–water partition coefficient (Wildman–Crippen LogP) is 3.57. The first-order valence-electron chi connectivity index (χ1n) is 8.76. The molecular weight excluding hydrogens is 346 g/mol. The Morgan fingerprint density at radius 2 is 1.74 bits per heavy atom. The lowest BCUT2D eigenvalue weighted by atomic mass is 9.90. The molecule has 2 aromatic carbocycles. The zero-order valence-electron chi connectivity index (χ0n) is 14.5. The summed E-state index contributed by atoms with van der Waals surface area (Å²) in [4.78, 5) is 37.8. The van der Waals surface area contributed by atoms with Crippen LogP contribution in [0.15, 0.2) is 47.3 Å². The van der Waals surface area contributed by atoms with Crippen molar-refractivity contribution in [3.8, 4) is 0 Å². The van der Waals surface area contributed by atoms with Crippen LogP contribution >= 0.6 is 0 Å². The third-order valence-corrected chi connectivity index (χ3v) is 4.93. The SMILES string of the molecule is O=C(Nc1ccc2c3c(c(=O)[nH]c2c1)CCCC3)c1ccc([N+](=O)[O-])cc1. The number of carbonyl (C=O) groups excluding carboxylic acids is 1. The van der Waals surface area contributed by atoms with E-state index in [1.807, 2.05) is 6.07 Å². The molecule has 0 radical (unpaired) electrons. The lowest BCUT2D eigenvalue weighted by Gasteiger charge is -2.17. The molecule has 0 fully saturated rings. The number of aryl methyl sites for hydroxylation is 1. The van der Waals surface area contributed by atoms with Gasteiger partial charge in [-0.15, -0.1) is 0 Å². The first-order chi connectivity index (χ1) is 13.0. The summed E-state index contributed by atoms with van der Waals surface area (Å²) in [7, 11) is 0. The number of H-pyrrole nitrogens is 1.